The predicted molar refractivity (Wildman–Crippen MR) is 84.3 cm³/mol. The monoisotopic (exact) mass is 336 g/mol. The second kappa shape index (κ2) is 4.69. The van der Waals surface area contributed by atoms with Crippen molar-refractivity contribution in [3.05, 3.63) is 39.3 Å². The van der Waals surface area contributed by atoms with Crippen LogP contribution in [0, 0.1) is 5.41 Å². The minimum Gasteiger partial charge on any atom is -0.323 e. The average Bonchev–Trinajstić information content (AvgIpc) is 2.71. The zero-order valence-corrected chi connectivity index (χ0v) is 13.5. The van der Waals surface area contributed by atoms with Crippen molar-refractivity contribution in [1.82, 2.24) is 4.98 Å². The fourth-order valence-corrected chi connectivity index (χ4v) is 4.22. The van der Waals surface area contributed by atoms with Crippen molar-refractivity contribution in [3.63, 3.8) is 0 Å². The standard InChI is InChI=1S/C15H17BrN2S/c1-15(2)7-11(17)13-12(8-15)18-14(19-13)9-4-3-5-10(16)6-9/h3-6,11H,7-8,17H2,1-2H3. The molecule has 2 nitrogen and oxygen atoms in total. The molecule has 0 saturated heterocycles. The van der Waals surface area contributed by atoms with Gasteiger partial charge in [0.25, 0.3) is 0 Å². The first-order valence-corrected chi connectivity index (χ1v) is 8.07. The van der Waals surface area contributed by atoms with E-state index in [9.17, 15) is 0 Å². The lowest BCUT2D eigenvalue weighted by Crippen LogP contribution is -2.28. The molecule has 3 rings (SSSR count). The van der Waals surface area contributed by atoms with Crippen molar-refractivity contribution >= 4 is 27.3 Å². The second-order valence-electron chi connectivity index (χ2n) is 5.99. The Bertz CT molecular complexity index is 618. The third-order valence-corrected chi connectivity index (χ3v) is 5.33. The van der Waals surface area contributed by atoms with Gasteiger partial charge in [-0.2, -0.15) is 0 Å². The smallest absolute Gasteiger partial charge is 0.123 e. The molecule has 0 radical (unpaired) electrons. The number of halogens is 1. The topological polar surface area (TPSA) is 38.9 Å². The van der Waals surface area contributed by atoms with Crippen molar-refractivity contribution in [3.8, 4) is 10.6 Å². The third-order valence-electron chi connectivity index (χ3n) is 3.55. The van der Waals surface area contributed by atoms with Gasteiger partial charge in [0.2, 0.25) is 0 Å². The lowest BCUT2D eigenvalue weighted by Gasteiger charge is -2.32. The summed E-state index contributed by atoms with van der Waals surface area (Å²) in [6.45, 7) is 4.54. The molecule has 1 aromatic carbocycles. The van der Waals surface area contributed by atoms with Crippen molar-refractivity contribution in [2.24, 2.45) is 11.1 Å². The lowest BCUT2D eigenvalue weighted by molar-refractivity contribution is 0.282. The lowest BCUT2D eigenvalue weighted by atomic mass is 9.77. The molecule has 4 heteroatoms. The van der Waals surface area contributed by atoms with E-state index in [4.69, 9.17) is 10.7 Å². The molecule has 1 aromatic heterocycles. The van der Waals surface area contributed by atoms with E-state index in [1.165, 1.54) is 16.1 Å². The van der Waals surface area contributed by atoms with Crippen LogP contribution in [0.2, 0.25) is 0 Å². The predicted octanol–water partition coefficient (Wildman–Crippen LogP) is 4.54. The highest BCUT2D eigenvalue weighted by Crippen LogP contribution is 2.43. The first kappa shape index (κ1) is 13.3. The number of hydrogen-bond acceptors (Lipinski definition) is 3. The molecule has 0 saturated carbocycles. The molecule has 19 heavy (non-hydrogen) atoms. The summed E-state index contributed by atoms with van der Waals surface area (Å²) in [4.78, 5) is 6.10. The van der Waals surface area contributed by atoms with Gasteiger partial charge in [-0.1, -0.05) is 41.9 Å². The Labute approximate surface area is 126 Å². The zero-order chi connectivity index (χ0) is 13.6. The van der Waals surface area contributed by atoms with E-state index in [-0.39, 0.29) is 11.5 Å². The van der Waals surface area contributed by atoms with Crippen molar-refractivity contribution in [2.75, 3.05) is 0 Å². The number of nitrogens with two attached hydrogens (primary N) is 1. The molecule has 0 fully saturated rings. The van der Waals surface area contributed by atoms with Gasteiger partial charge in [-0.3, -0.25) is 0 Å². The van der Waals surface area contributed by atoms with Crippen LogP contribution >= 0.6 is 27.3 Å². The van der Waals surface area contributed by atoms with E-state index >= 15 is 0 Å². The molecule has 0 spiro atoms. The van der Waals surface area contributed by atoms with Crippen LogP contribution in [0.5, 0.6) is 0 Å². The molecule has 2 aromatic rings. The van der Waals surface area contributed by atoms with Gasteiger partial charge in [0, 0.05) is 21.0 Å². The summed E-state index contributed by atoms with van der Waals surface area (Å²) in [5.41, 5.74) is 8.93. The van der Waals surface area contributed by atoms with E-state index < -0.39 is 0 Å². The molecule has 1 atom stereocenters. The van der Waals surface area contributed by atoms with Gasteiger partial charge in [0.05, 0.1) is 5.69 Å². The fraction of sp³-hybridized carbons (Fsp3) is 0.400. The average molecular weight is 337 g/mol. The summed E-state index contributed by atoms with van der Waals surface area (Å²) in [5, 5.41) is 1.08. The van der Waals surface area contributed by atoms with E-state index in [2.05, 4.69) is 41.9 Å². The van der Waals surface area contributed by atoms with Gasteiger partial charge in [0.1, 0.15) is 5.01 Å². The number of hydrogen-bond donors (Lipinski definition) is 1. The van der Waals surface area contributed by atoms with Gasteiger partial charge >= 0.3 is 0 Å². The highest BCUT2D eigenvalue weighted by molar-refractivity contribution is 9.10. The quantitative estimate of drug-likeness (QED) is 0.829. The van der Waals surface area contributed by atoms with Crippen LogP contribution in [0.3, 0.4) is 0 Å². The Hall–Kier alpha value is -0.710. The summed E-state index contributed by atoms with van der Waals surface area (Å²) in [6.07, 6.45) is 2.07. The van der Waals surface area contributed by atoms with Crippen molar-refractivity contribution in [2.45, 2.75) is 32.7 Å². The van der Waals surface area contributed by atoms with Crippen LogP contribution < -0.4 is 5.73 Å². The molecule has 1 heterocycles. The number of nitrogens with zero attached hydrogens (tertiary/aromatic N) is 1. The molecule has 100 valence electrons. The van der Waals surface area contributed by atoms with Gasteiger partial charge in [-0.25, -0.2) is 4.98 Å². The van der Waals surface area contributed by atoms with Crippen LogP contribution in [0.1, 0.15) is 36.9 Å². The number of rotatable bonds is 1. The molecule has 0 bridgehead atoms. The summed E-state index contributed by atoms with van der Waals surface area (Å²) in [5.74, 6) is 0. The maximum absolute atomic E-state index is 6.30. The normalized spacial score (nSPS) is 21.2. The summed E-state index contributed by atoms with van der Waals surface area (Å²) in [7, 11) is 0. The number of aromatic nitrogens is 1. The maximum Gasteiger partial charge on any atom is 0.123 e. The molecule has 0 amide bonds. The molecule has 1 unspecified atom stereocenters. The molecular formula is C15H17BrN2S. The van der Waals surface area contributed by atoms with Crippen LogP contribution in [0.4, 0.5) is 0 Å². The van der Waals surface area contributed by atoms with Gasteiger partial charge in [-0.15, -0.1) is 11.3 Å². The van der Waals surface area contributed by atoms with E-state index in [1.54, 1.807) is 11.3 Å². The maximum atomic E-state index is 6.30. The van der Waals surface area contributed by atoms with Crippen LogP contribution in [-0.2, 0) is 6.42 Å². The Balaban J connectivity index is 2.04. The second-order valence-corrected chi connectivity index (χ2v) is 7.94. The van der Waals surface area contributed by atoms with E-state index in [0.717, 1.165) is 22.3 Å². The fourth-order valence-electron chi connectivity index (χ4n) is 2.74. The minimum atomic E-state index is 0.136. The summed E-state index contributed by atoms with van der Waals surface area (Å²) >= 11 is 5.26. The van der Waals surface area contributed by atoms with Crippen LogP contribution in [0.25, 0.3) is 10.6 Å². The number of fused-ring (bicyclic) bond motifs is 1. The highest BCUT2D eigenvalue weighted by atomic mass is 79.9. The highest BCUT2D eigenvalue weighted by Gasteiger charge is 2.33. The summed E-state index contributed by atoms with van der Waals surface area (Å²) < 4.78 is 1.09. The first-order chi connectivity index (χ1) is 8.94. The Morgan fingerprint density at radius 2 is 2.21 bits per heavy atom. The number of thiazole rings is 1. The van der Waals surface area contributed by atoms with E-state index in [0.29, 0.717) is 0 Å². The number of benzene rings is 1. The van der Waals surface area contributed by atoms with Crippen LogP contribution in [-0.4, -0.2) is 4.98 Å². The third kappa shape index (κ3) is 2.62. The molecule has 0 aliphatic heterocycles. The Kier molecular flexibility index (Phi) is 3.28. The zero-order valence-electron chi connectivity index (χ0n) is 11.1. The van der Waals surface area contributed by atoms with Crippen molar-refractivity contribution < 1.29 is 0 Å². The van der Waals surface area contributed by atoms with Gasteiger partial charge in [-0.05, 0) is 30.4 Å². The molecule has 2 N–H and O–H groups in total. The van der Waals surface area contributed by atoms with Crippen LogP contribution in [0.15, 0.2) is 28.7 Å². The molecule has 1 aliphatic carbocycles. The SMILES string of the molecule is CC1(C)Cc2nc(-c3cccc(Br)c3)sc2C(N)C1. The minimum absolute atomic E-state index is 0.136. The Morgan fingerprint density at radius 3 is 2.95 bits per heavy atom. The molecule has 1 aliphatic rings. The molecular weight excluding hydrogens is 320 g/mol. The van der Waals surface area contributed by atoms with E-state index in [1.807, 2.05) is 12.1 Å². The largest absolute Gasteiger partial charge is 0.323 e. The summed E-state index contributed by atoms with van der Waals surface area (Å²) in [6, 6.07) is 8.43. The first-order valence-electron chi connectivity index (χ1n) is 6.46. The van der Waals surface area contributed by atoms with Gasteiger partial charge < -0.3 is 5.73 Å². The van der Waals surface area contributed by atoms with Gasteiger partial charge in [0.15, 0.2) is 0 Å². The Morgan fingerprint density at radius 1 is 1.42 bits per heavy atom. The van der Waals surface area contributed by atoms with Crippen molar-refractivity contribution in [1.29, 1.82) is 0 Å².